The summed E-state index contributed by atoms with van der Waals surface area (Å²) in [6.45, 7) is 0. The summed E-state index contributed by atoms with van der Waals surface area (Å²) in [6.07, 6.45) is 0. The number of nitrogens with zero attached hydrogens (tertiary/aromatic N) is 2. The first-order valence-corrected chi connectivity index (χ1v) is 19.7. The summed E-state index contributed by atoms with van der Waals surface area (Å²) in [7, 11) is 0. The van der Waals surface area contributed by atoms with Gasteiger partial charge in [0.2, 0.25) is 0 Å². The van der Waals surface area contributed by atoms with Crippen LogP contribution in [0.15, 0.2) is 231 Å². The van der Waals surface area contributed by atoms with Gasteiger partial charge in [-0.3, -0.25) is 0 Å². The molecule has 268 valence electrons. The van der Waals surface area contributed by atoms with Gasteiger partial charge in [0.05, 0.1) is 16.4 Å². The zero-order valence-corrected chi connectivity index (χ0v) is 31.3. The molecule has 0 N–H and O–H groups in total. The van der Waals surface area contributed by atoms with Gasteiger partial charge < -0.3 is 9.47 Å². The van der Waals surface area contributed by atoms with Crippen LogP contribution in [0.2, 0.25) is 0 Å². The van der Waals surface area contributed by atoms with E-state index in [1.807, 2.05) is 0 Å². The van der Waals surface area contributed by atoms with E-state index in [1.165, 1.54) is 66.3 Å². The number of aromatic nitrogens is 1. The van der Waals surface area contributed by atoms with Crippen molar-refractivity contribution in [1.29, 1.82) is 0 Å². The van der Waals surface area contributed by atoms with Crippen molar-refractivity contribution in [2.75, 3.05) is 4.90 Å². The van der Waals surface area contributed by atoms with E-state index in [0.29, 0.717) is 0 Å². The first-order valence-electron chi connectivity index (χ1n) is 19.7. The van der Waals surface area contributed by atoms with Gasteiger partial charge in [-0.2, -0.15) is 0 Å². The molecule has 1 aliphatic carbocycles. The minimum Gasteiger partial charge on any atom is -0.311 e. The van der Waals surface area contributed by atoms with Crippen molar-refractivity contribution in [2.45, 2.75) is 5.41 Å². The maximum absolute atomic E-state index is 2.48. The molecule has 0 aliphatic heterocycles. The lowest BCUT2D eigenvalue weighted by Gasteiger charge is -2.34. The van der Waals surface area contributed by atoms with Crippen LogP contribution < -0.4 is 4.90 Å². The summed E-state index contributed by atoms with van der Waals surface area (Å²) < 4.78 is 2.42. The lowest BCUT2D eigenvalue weighted by atomic mass is 9.67. The molecule has 1 heterocycles. The third-order valence-corrected chi connectivity index (χ3v) is 11.9. The Hall–Kier alpha value is -7.42. The molecule has 1 aliphatic rings. The van der Waals surface area contributed by atoms with Gasteiger partial charge in [-0.1, -0.05) is 158 Å². The molecule has 0 atom stereocenters. The Bertz CT molecular complexity index is 2950. The minimum absolute atomic E-state index is 0.472. The van der Waals surface area contributed by atoms with E-state index in [0.717, 1.165) is 22.7 Å². The highest BCUT2D eigenvalue weighted by atomic mass is 15.1. The molecule has 0 spiro atoms. The fraction of sp³-hybridized carbons (Fsp3) is 0.0182. The highest BCUT2D eigenvalue weighted by Gasteiger charge is 2.46. The van der Waals surface area contributed by atoms with Gasteiger partial charge >= 0.3 is 0 Å². The quantitative estimate of drug-likeness (QED) is 0.159. The number of para-hydroxylation sites is 3. The fourth-order valence-corrected chi connectivity index (χ4v) is 9.41. The van der Waals surface area contributed by atoms with Crippen LogP contribution in [-0.4, -0.2) is 4.57 Å². The second-order valence-corrected chi connectivity index (χ2v) is 14.9. The van der Waals surface area contributed by atoms with Crippen molar-refractivity contribution in [2.24, 2.45) is 0 Å². The van der Waals surface area contributed by atoms with Crippen molar-refractivity contribution in [3.63, 3.8) is 0 Å². The van der Waals surface area contributed by atoms with Gasteiger partial charge in [-0.15, -0.1) is 0 Å². The lowest BCUT2D eigenvalue weighted by Crippen LogP contribution is -2.28. The molecule has 0 fully saturated rings. The topological polar surface area (TPSA) is 8.17 Å². The predicted molar refractivity (Wildman–Crippen MR) is 238 cm³/mol. The number of hydrogen-bond acceptors (Lipinski definition) is 1. The largest absolute Gasteiger partial charge is 0.311 e. The standard InChI is InChI=1S/C55H38N2/c1-5-17-41(18-6-1)55(51-27-15-13-25-47(51)48-26-14-16-28-52(48)55)42-32-36-54-50(38-42)49-37-40(31-35-53(49)57(54)45-23-11-4-12-24-45)39-29-33-46(34-30-39)56(43-19-7-2-8-20-43)44-21-9-3-10-22-44/h1-38H. The van der Waals surface area contributed by atoms with E-state index >= 15 is 0 Å². The average Bonchev–Trinajstić information content (AvgIpc) is 3.78. The predicted octanol–water partition coefficient (Wildman–Crippen LogP) is 14.3. The van der Waals surface area contributed by atoms with Crippen molar-refractivity contribution in [3.05, 3.63) is 253 Å². The molecule has 1 aromatic heterocycles. The molecule has 11 rings (SSSR count). The van der Waals surface area contributed by atoms with Crippen molar-refractivity contribution < 1.29 is 0 Å². The molecule has 9 aromatic carbocycles. The molecule has 0 bridgehead atoms. The molecule has 57 heavy (non-hydrogen) atoms. The van der Waals surface area contributed by atoms with Gasteiger partial charge in [-0.25, -0.2) is 0 Å². The Balaban J connectivity index is 1.12. The first kappa shape index (κ1) is 33.0. The van der Waals surface area contributed by atoms with Crippen LogP contribution in [0.1, 0.15) is 22.3 Å². The van der Waals surface area contributed by atoms with Crippen LogP contribution in [-0.2, 0) is 5.41 Å². The molecule has 0 unspecified atom stereocenters. The van der Waals surface area contributed by atoms with E-state index in [9.17, 15) is 0 Å². The van der Waals surface area contributed by atoms with E-state index in [1.54, 1.807) is 0 Å². The van der Waals surface area contributed by atoms with Crippen LogP contribution >= 0.6 is 0 Å². The minimum atomic E-state index is -0.472. The number of benzene rings is 9. The maximum Gasteiger partial charge on any atom is 0.0713 e. The van der Waals surface area contributed by atoms with E-state index < -0.39 is 5.41 Å². The molecule has 2 heteroatoms. The summed E-state index contributed by atoms with van der Waals surface area (Å²) in [6, 6.07) is 84.1. The Kier molecular flexibility index (Phi) is 7.75. The molecule has 0 saturated carbocycles. The van der Waals surface area contributed by atoms with Gasteiger partial charge in [-0.05, 0) is 117 Å². The number of rotatable bonds is 7. The highest BCUT2D eigenvalue weighted by molar-refractivity contribution is 6.11. The van der Waals surface area contributed by atoms with Crippen LogP contribution in [0.4, 0.5) is 17.1 Å². The second kappa shape index (κ2) is 13.4. The van der Waals surface area contributed by atoms with Crippen LogP contribution in [0, 0.1) is 0 Å². The first-order chi connectivity index (χ1) is 28.3. The lowest BCUT2D eigenvalue weighted by molar-refractivity contribution is 0.770. The van der Waals surface area contributed by atoms with Gasteiger partial charge in [0.25, 0.3) is 0 Å². The van der Waals surface area contributed by atoms with Crippen molar-refractivity contribution in [3.8, 4) is 27.9 Å². The third-order valence-electron chi connectivity index (χ3n) is 11.9. The zero-order chi connectivity index (χ0) is 37.8. The fourth-order valence-electron chi connectivity index (χ4n) is 9.41. The molecular weight excluding hydrogens is 689 g/mol. The Labute approximate surface area is 333 Å². The summed E-state index contributed by atoms with van der Waals surface area (Å²) in [5.41, 5.74) is 16.6. The highest BCUT2D eigenvalue weighted by Crippen LogP contribution is 2.56. The van der Waals surface area contributed by atoms with E-state index in [2.05, 4.69) is 240 Å². The molecule has 2 nitrogen and oxygen atoms in total. The smallest absolute Gasteiger partial charge is 0.0713 e. The van der Waals surface area contributed by atoms with E-state index in [4.69, 9.17) is 0 Å². The van der Waals surface area contributed by atoms with Crippen LogP contribution in [0.5, 0.6) is 0 Å². The summed E-state index contributed by atoms with van der Waals surface area (Å²) >= 11 is 0. The average molecular weight is 727 g/mol. The SMILES string of the molecule is c1ccc(N(c2ccccc2)c2ccc(-c3ccc4c(c3)c3cc(C5(c6ccccc6)c6ccccc6-c6ccccc65)ccc3n4-c3ccccc3)cc2)cc1. The summed E-state index contributed by atoms with van der Waals surface area (Å²) in [5, 5.41) is 2.47. The third kappa shape index (κ3) is 5.18. The number of anilines is 3. The van der Waals surface area contributed by atoms with Crippen LogP contribution in [0.25, 0.3) is 49.7 Å². The normalized spacial score (nSPS) is 12.7. The molecule has 0 amide bonds. The Morgan fingerprint density at radius 3 is 1.39 bits per heavy atom. The zero-order valence-electron chi connectivity index (χ0n) is 31.3. The number of hydrogen-bond donors (Lipinski definition) is 0. The van der Waals surface area contributed by atoms with Crippen molar-refractivity contribution in [1.82, 2.24) is 4.57 Å². The second-order valence-electron chi connectivity index (χ2n) is 14.9. The maximum atomic E-state index is 2.48. The molecule has 10 aromatic rings. The Morgan fingerprint density at radius 2 is 0.789 bits per heavy atom. The van der Waals surface area contributed by atoms with Crippen molar-refractivity contribution >= 4 is 38.9 Å². The molecule has 0 saturated heterocycles. The Morgan fingerprint density at radius 1 is 0.333 bits per heavy atom. The van der Waals surface area contributed by atoms with Gasteiger partial charge in [0, 0.05) is 33.5 Å². The van der Waals surface area contributed by atoms with E-state index in [-0.39, 0.29) is 0 Å². The summed E-state index contributed by atoms with van der Waals surface area (Å²) in [4.78, 5) is 2.31. The van der Waals surface area contributed by atoms with Gasteiger partial charge in [0.15, 0.2) is 0 Å². The monoisotopic (exact) mass is 726 g/mol. The van der Waals surface area contributed by atoms with Crippen LogP contribution in [0.3, 0.4) is 0 Å². The van der Waals surface area contributed by atoms with Gasteiger partial charge in [0.1, 0.15) is 0 Å². The molecular formula is C55H38N2. The number of fused-ring (bicyclic) bond motifs is 6. The molecule has 0 radical (unpaired) electrons. The summed E-state index contributed by atoms with van der Waals surface area (Å²) in [5.74, 6) is 0.